The third kappa shape index (κ3) is 7.05. The van der Waals surface area contributed by atoms with Crippen molar-refractivity contribution in [3.63, 3.8) is 0 Å². The Morgan fingerprint density at radius 3 is 2.29 bits per heavy atom. The Morgan fingerprint density at radius 2 is 2.00 bits per heavy atom. The van der Waals surface area contributed by atoms with Gasteiger partial charge in [-0.15, -0.1) is 0 Å². The van der Waals surface area contributed by atoms with Crippen molar-refractivity contribution in [2.24, 2.45) is 0 Å². The van der Waals surface area contributed by atoms with Crippen LogP contribution in [0.1, 0.15) is 20.8 Å². The van der Waals surface area contributed by atoms with E-state index in [1.807, 2.05) is 33.9 Å². The van der Waals surface area contributed by atoms with Crippen LogP contribution in [0.5, 0.6) is 0 Å². The number of aliphatic carboxylic acids is 1. The van der Waals surface area contributed by atoms with Crippen molar-refractivity contribution in [2.75, 3.05) is 6.61 Å². The van der Waals surface area contributed by atoms with Gasteiger partial charge in [0.25, 0.3) is 0 Å². The molecule has 0 spiro atoms. The molecule has 0 aliphatic heterocycles. The van der Waals surface area contributed by atoms with Crippen molar-refractivity contribution in [3.05, 3.63) is 0 Å². The minimum atomic E-state index is -1.08. The maximum atomic E-state index is 10.8. The standard InChI is InChI=1S/C9H21NO3Si/c1-9(2,3)13-6-7(8(11)12)10-14(4)5/h7,10,14H,6H2,1-5H3,(H,11,12). The third-order valence-corrected chi connectivity index (χ3v) is 2.58. The Kier molecular flexibility index (Phi) is 5.32. The lowest BCUT2D eigenvalue weighted by atomic mass is 10.2. The average molecular weight is 219 g/mol. The molecule has 0 aliphatic carbocycles. The minimum absolute atomic E-state index is 0.226. The summed E-state index contributed by atoms with van der Waals surface area (Å²) in [7, 11) is -1.08. The first-order valence-corrected chi connectivity index (χ1v) is 7.74. The fraction of sp³-hybridized carbons (Fsp3) is 0.889. The molecule has 0 saturated heterocycles. The van der Waals surface area contributed by atoms with Crippen LogP contribution in [-0.2, 0) is 9.53 Å². The van der Waals surface area contributed by atoms with Crippen molar-refractivity contribution >= 4 is 14.9 Å². The molecule has 0 fully saturated rings. The number of carboxylic acid groups (broad SMARTS) is 1. The van der Waals surface area contributed by atoms with E-state index in [0.29, 0.717) is 0 Å². The van der Waals surface area contributed by atoms with Crippen LogP contribution in [0.25, 0.3) is 0 Å². The van der Waals surface area contributed by atoms with E-state index in [9.17, 15) is 4.79 Å². The second kappa shape index (κ2) is 5.48. The summed E-state index contributed by atoms with van der Waals surface area (Å²) >= 11 is 0. The largest absolute Gasteiger partial charge is 0.480 e. The Balaban J connectivity index is 4.05. The van der Waals surface area contributed by atoms with Crippen LogP contribution < -0.4 is 4.98 Å². The monoisotopic (exact) mass is 219 g/mol. The minimum Gasteiger partial charge on any atom is -0.480 e. The molecule has 0 amide bonds. The Hall–Kier alpha value is -0.393. The zero-order valence-electron chi connectivity index (χ0n) is 9.63. The predicted octanol–water partition coefficient (Wildman–Crippen LogP) is 0.828. The van der Waals surface area contributed by atoms with E-state index in [1.54, 1.807) is 0 Å². The van der Waals surface area contributed by atoms with Gasteiger partial charge in [-0.2, -0.15) is 0 Å². The summed E-state index contributed by atoms with van der Waals surface area (Å²) in [5, 5.41) is 8.90. The summed E-state index contributed by atoms with van der Waals surface area (Å²) in [6.45, 7) is 10.1. The van der Waals surface area contributed by atoms with E-state index < -0.39 is 21.0 Å². The highest BCUT2D eigenvalue weighted by atomic mass is 28.3. The van der Waals surface area contributed by atoms with E-state index in [1.165, 1.54) is 0 Å². The number of rotatable bonds is 5. The normalized spacial score (nSPS) is 14.4. The van der Waals surface area contributed by atoms with Crippen LogP contribution >= 0.6 is 0 Å². The van der Waals surface area contributed by atoms with Crippen LogP contribution in [-0.4, -0.2) is 38.3 Å². The quantitative estimate of drug-likeness (QED) is 0.672. The number of hydrogen-bond donors (Lipinski definition) is 2. The molecule has 1 atom stereocenters. The van der Waals surface area contributed by atoms with Gasteiger partial charge in [0.05, 0.1) is 12.2 Å². The van der Waals surface area contributed by atoms with Gasteiger partial charge in [-0.25, -0.2) is 0 Å². The molecule has 0 aliphatic rings. The molecule has 0 saturated carbocycles. The smallest absolute Gasteiger partial charge is 0.322 e. The molecule has 0 aromatic carbocycles. The molecule has 2 N–H and O–H groups in total. The van der Waals surface area contributed by atoms with E-state index >= 15 is 0 Å². The van der Waals surface area contributed by atoms with Crippen molar-refractivity contribution in [3.8, 4) is 0 Å². The third-order valence-electron chi connectivity index (χ3n) is 1.52. The highest BCUT2D eigenvalue weighted by Gasteiger charge is 2.21. The van der Waals surface area contributed by atoms with E-state index in [-0.39, 0.29) is 12.2 Å². The lowest BCUT2D eigenvalue weighted by Gasteiger charge is -2.24. The number of nitrogens with one attached hydrogen (secondary N) is 1. The molecule has 84 valence electrons. The van der Waals surface area contributed by atoms with Crippen LogP contribution in [0.2, 0.25) is 13.1 Å². The maximum Gasteiger partial charge on any atom is 0.322 e. The lowest BCUT2D eigenvalue weighted by molar-refractivity contribution is -0.142. The van der Waals surface area contributed by atoms with Gasteiger partial charge in [0.15, 0.2) is 0 Å². The first kappa shape index (κ1) is 13.6. The van der Waals surface area contributed by atoms with Gasteiger partial charge in [-0.3, -0.25) is 4.79 Å². The first-order chi connectivity index (χ1) is 6.22. The molecule has 0 rings (SSSR count). The summed E-state index contributed by atoms with van der Waals surface area (Å²) in [6, 6.07) is -0.569. The SMILES string of the molecule is C[SiH](C)NC(COC(C)(C)C)C(=O)O. The van der Waals surface area contributed by atoms with Gasteiger partial charge in [-0.1, -0.05) is 13.1 Å². The van der Waals surface area contributed by atoms with Gasteiger partial charge in [0.1, 0.15) is 15.0 Å². The number of hydrogen-bond acceptors (Lipinski definition) is 3. The summed E-state index contributed by atoms with van der Waals surface area (Å²) < 4.78 is 5.43. The number of carbonyl (C=O) groups is 1. The molecule has 4 nitrogen and oxygen atoms in total. The van der Waals surface area contributed by atoms with Gasteiger partial charge in [0.2, 0.25) is 0 Å². The van der Waals surface area contributed by atoms with Crippen LogP contribution in [0.4, 0.5) is 0 Å². The molecule has 0 bridgehead atoms. The summed E-state index contributed by atoms with van der Waals surface area (Å²) in [6.07, 6.45) is 0. The molecular formula is C9H21NO3Si. The molecule has 0 radical (unpaired) electrons. The van der Waals surface area contributed by atoms with Gasteiger partial charge < -0.3 is 14.8 Å². The molecular weight excluding hydrogens is 198 g/mol. The Bertz CT molecular complexity index is 189. The zero-order valence-corrected chi connectivity index (χ0v) is 10.8. The average Bonchev–Trinajstić information content (AvgIpc) is 1.94. The number of ether oxygens (including phenoxy) is 1. The number of carboxylic acids is 1. The molecule has 0 heterocycles. The van der Waals surface area contributed by atoms with E-state index in [0.717, 1.165) is 0 Å². The first-order valence-electron chi connectivity index (χ1n) is 4.85. The lowest BCUT2D eigenvalue weighted by Crippen LogP contribution is -2.47. The van der Waals surface area contributed by atoms with Crippen LogP contribution in [0, 0.1) is 0 Å². The van der Waals surface area contributed by atoms with Crippen molar-refractivity contribution < 1.29 is 14.6 Å². The molecule has 0 aromatic heterocycles. The van der Waals surface area contributed by atoms with E-state index in [4.69, 9.17) is 9.84 Å². The molecule has 0 aromatic rings. The second-order valence-electron chi connectivity index (χ2n) is 4.64. The maximum absolute atomic E-state index is 10.8. The van der Waals surface area contributed by atoms with Crippen molar-refractivity contribution in [1.82, 2.24) is 4.98 Å². The zero-order chi connectivity index (χ0) is 11.4. The summed E-state index contributed by atoms with van der Waals surface area (Å²) in [4.78, 5) is 13.9. The molecule has 1 unspecified atom stereocenters. The van der Waals surface area contributed by atoms with Gasteiger partial charge in [0, 0.05) is 0 Å². The second-order valence-corrected chi connectivity index (χ2v) is 7.28. The van der Waals surface area contributed by atoms with E-state index in [2.05, 4.69) is 4.98 Å². The summed E-state index contributed by atoms with van der Waals surface area (Å²) in [5.41, 5.74) is -0.284. The van der Waals surface area contributed by atoms with Gasteiger partial charge >= 0.3 is 5.97 Å². The van der Waals surface area contributed by atoms with Crippen molar-refractivity contribution in [1.29, 1.82) is 0 Å². The highest BCUT2D eigenvalue weighted by Crippen LogP contribution is 2.07. The van der Waals surface area contributed by atoms with Crippen LogP contribution in [0.3, 0.4) is 0 Å². The molecule has 5 heteroatoms. The fourth-order valence-corrected chi connectivity index (χ4v) is 1.97. The van der Waals surface area contributed by atoms with Crippen molar-refractivity contribution in [2.45, 2.75) is 45.5 Å². The van der Waals surface area contributed by atoms with Gasteiger partial charge in [-0.05, 0) is 20.8 Å². The highest BCUT2D eigenvalue weighted by molar-refractivity contribution is 6.53. The summed E-state index contributed by atoms with van der Waals surface area (Å²) in [5.74, 6) is -0.838. The van der Waals surface area contributed by atoms with Crippen LogP contribution in [0.15, 0.2) is 0 Å². The predicted molar refractivity (Wildman–Crippen MR) is 59.1 cm³/mol. The topological polar surface area (TPSA) is 58.6 Å². The Labute approximate surface area is 87.3 Å². The molecule has 14 heavy (non-hydrogen) atoms. The fourth-order valence-electron chi connectivity index (χ4n) is 0.926. The Morgan fingerprint density at radius 1 is 1.50 bits per heavy atom.